The summed E-state index contributed by atoms with van der Waals surface area (Å²) in [6.07, 6.45) is 0.881. The van der Waals surface area contributed by atoms with Crippen LogP contribution >= 0.6 is 0 Å². The van der Waals surface area contributed by atoms with Crippen LogP contribution in [-0.4, -0.2) is 18.4 Å². The number of carbonyl (C=O) groups is 1. The van der Waals surface area contributed by atoms with Crippen LogP contribution in [0.5, 0.6) is 5.75 Å². The molecule has 1 atom stereocenters. The topological polar surface area (TPSA) is 52.3 Å². The smallest absolute Gasteiger partial charge is 0.159 e. The average molecular weight is 207 g/mol. The standard InChI is InChI=1S/C12H17NO2/c1-3-11(13)8-15-12-6-4-5-10(7-12)9(2)14/h4-7,11H,3,8,13H2,1-2H3. The van der Waals surface area contributed by atoms with Crippen molar-refractivity contribution in [2.75, 3.05) is 6.61 Å². The molecule has 3 heteroatoms. The third-order valence-corrected chi connectivity index (χ3v) is 2.23. The van der Waals surface area contributed by atoms with Crippen LogP contribution < -0.4 is 10.5 Å². The van der Waals surface area contributed by atoms with Crippen molar-refractivity contribution in [1.82, 2.24) is 0 Å². The Morgan fingerprint density at radius 1 is 1.53 bits per heavy atom. The van der Waals surface area contributed by atoms with E-state index in [0.717, 1.165) is 6.42 Å². The number of nitrogens with two attached hydrogens (primary N) is 1. The van der Waals surface area contributed by atoms with Gasteiger partial charge in [0.15, 0.2) is 5.78 Å². The SMILES string of the molecule is CCC(N)COc1cccc(C(C)=O)c1. The van der Waals surface area contributed by atoms with Gasteiger partial charge in [0, 0.05) is 11.6 Å². The van der Waals surface area contributed by atoms with E-state index in [4.69, 9.17) is 10.5 Å². The van der Waals surface area contributed by atoms with Crippen LogP contribution in [0.3, 0.4) is 0 Å². The molecular formula is C12H17NO2. The maximum absolute atomic E-state index is 11.1. The maximum atomic E-state index is 11.1. The predicted octanol–water partition coefficient (Wildman–Crippen LogP) is 2.01. The molecule has 15 heavy (non-hydrogen) atoms. The van der Waals surface area contributed by atoms with Gasteiger partial charge in [-0.15, -0.1) is 0 Å². The van der Waals surface area contributed by atoms with Gasteiger partial charge in [-0.3, -0.25) is 4.79 Å². The van der Waals surface area contributed by atoms with Crippen molar-refractivity contribution >= 4 is 5.78 Å². The minimum absolute atomic E-state index is 0.0419. The Bertz CT molecular complexity index is 336. The fourth-order valence-corrected chi connectivity index (χ4v) is 1.13. The van der Waals surface area contributed by atoms with Gasteiger partial charge in [0.25, 0.3) is 0 Å². The van der Waals surface area contributed by atoms with Gasteiger partial charge < -0.3 is 10.5 Å². The van der Waals surface area contributed by atoms with E-state index in [2.05, 4.69) is 0 Å². The zero-order chi connectivity index (χ0) is 11.3. The molecule has 1 aromatic carbocycles. The Balaban J connectivity index is 2.62. The zero-order valence-electron chi connectivity index (χ0n) is 9.19. The first-order valence-corrected chi connectivity index (χ1v) is 5.13. The number of hydrogen-bond donors (Lipinski definition) is 1. The number of Topliss-reactive ketones (excluding diaryl/α,β-unsaturated/α-hetero) is 1. The van der Waals surface area contributed by atoms with Gasteiger partial charge in [0.1, 0.15) is 12.4 Å². The summed E-state index contributed by atoms with van der Waals surface area (Å²) in [7, 11) is 0. The van der Waals surface area contributed by atoms with Crippen molar-refractivity contribution < 1.29 is 9.53 Å². The summed E-state index contributed by atoms with van der Waals surface area (Å²) in [5.74, 6) is 0.742. The second kappa shape index (κ2) is 5.51. The molecule has 0 saturated heterocycles. The highest BCUT2D eigenvalue weighted by molar-refractivity contribution is 5.94. The third kappa shape index (κ3) is 3.72. The quantitative estimate of drug-likeness (QED) is 0.751. The van der Waals surface area contributed by atoms with Crippen LogP contribution in [0.25, 0.3) is 0 Å². The average Bonchev–Trinajstić information content (AvgIpc) is 2.26. The molecular weight excluding hydrogens is 190 g/mol. The highest BCUT2D eigenvalue weighted by Gasteiger charge is 2.03. The van der Waals surface area contributed by atoms with Gasteiger partial charge in [-0.25, -0.2) is 0 Å². The van der Waals surface area contributed by atoms with E-state index in [0.29, 0.717) is 17.9 Å². The Morgan fingerprint density at radius 3 is 2.87 bits per heavy atom. The first kappa shape index (κ1) is 11.7. The number of ether oxygens (including phenoxy) is 1. The van der Waals surface area contributed by atoms with Gasteiger partial charge in [-0.2, -0.15) is 0 Å². The summed E-state index contributed by atoms with van der Waals surface area (Å²) in [5.41, 5.74) is 6.39. The summed E-state index contributed by atoms with van der Waals surface area (Å²) in [5, 5.41) is 0. The molecule has 1 rings (SSSR count). The fraction of sp³-hybridized carbons (Fsp3) is 0.417. The highest BCUT2D eigenvalue weighted by atomic mass is 16.5. The minimum Gasteiger partial charge on any atom is -0.492 e. The molecule has 0 spiro atoms. The highest BCUT2D eigenvalue weighted by Crippen LogP contribution is 2.13. The van der Waals surface area contributed by atoms with Gasteiger partial charge in [0.05, 0.1) is 0 Å². The number of rotatable bonds is 5. The van der Waals surface area contributed by atoms with Crippen molar-refractivity contribution in [2.24, 2.45) is 5.73 Å². The molecule has 1 unspecified atom stereocenters. The van der Waals surface area contributed by atoms with E-state index in [1.807, 2.05) is 19.1 Å². The molecule has 0 aromatic heterocycles. The molecule has 0 amide bonds. The summed E-state index contributed by atoms with van der Waals surface area (Å²) in [6.45, 7) is 4.04. The van der Waals surface area contributed by atoms with Crippen molar-refractivity contribution in [2.45, 2.75) is 26.3 Å². The number of benzene rings is 1. The molecule has 0 aliphatic rings. The first-order valence-electron chi connectivity index (χ1n) is 5.13. The molecule has 2 N–H and O–H groups in total. The van der Waals surface area contributed by atoms with Gasteiger partial charge >= 0.3 is 0 Å². The van der Waals surface area contributed by atoms with Crippen LogP contribution in [-0.2, 0) is 0 Å². The van der Waals surface area contributed by atoms with Gasteiger partial charge in [-0.05, 0) is 25.5 Å². The predicted molar refractivity (Wildman–Crippen MR) is 60.2 cm³/mol. The molecule has 1 aromatic rings. The van der Waals surface area contributed by atoms with E-state index < -0.39 is 0 Å². The Kier molecular flexibility index (Phi) is 4.31. The number of ketones is 1. The summed E-state index contributed by atoms with van der Waals surface area (Å²) in [6, 6.07) is 7.20. The van der Waals surface area contributed by atoms with E-state index in [1.165, 1.54) is 6.92 Å². The number of hydrogen-bond acceptors (Lipinski definition) is 3. The van der Waals surface area contributed by atoms with Crippen molar-refractivity contribution in [1.29, 1.82) is 0 Å². The van der Waals surface area contributed by atoms with E-state index >= 15 is 0 Å². The zero-order valence-corrected chi connectivity index (χ0v) is 9.19. The fourth-order valence-electron chi connectivity index (χ4n) is 1.13. The van der Waals surface area contributed by atoms with Crippen LogP contribution in [0.15, 0.2) is 24.3 Å². The molecule has 82 valence electrons. The van der Waals surface area contributed by atoms with Gasteiger partial charge in [0.2, 0.25) is 0 Å². The number of carbonyl (C=O) groups excluding carboxylic acids is 1. The van der Waals surface area contributed by atoms with E-state index in [-0.39, 0.29) is 11.8 Å². The molecule has 0 saturated carbocycles. The molecule has 0 heterocycles. The summed E-state index contributed by atoms with van der Waals surface area (Å²) < 4.78 is 5.47. The lowest BCUT2D eigenvalue weighted by Gasteiger charge is -2.11. The summed E-state index contributed by atoms with van der Waals surface area (Å²) >= 11 is 0. The Labute approximate surface area is 90.2 Å². The van der Waals surface area contributed by atoms with Crippen LogP contribution in [0, 0.1) is 0 Å². The summed E-state index contributed by atoms with van der Waals surface area (Å²) in [4.78, 5) is 11.1. The Hall–Kier alpha value is -1.35. The van der Waals surface area contributed by atoms with Crippen molar-refractivity contribution in [3.8, 4) is 5.75 Å². The monoisotopic (exact) mass is 207 g/mol. The third-order valence-electron chi connectivity index (χ3n) is 2.23. The molecule has 0 aliphatic carbocycles. The Morgan fingerprint density at radius 2 is 2.27 bits per heavy atom. The lowest BCUT2D eigenvalue weighted by atomic mass is 10.1. The second-order valence-electron chi connectivity index (χ2n) is 3.56. The van der Waals surface area contributed by atoms with Crippen molar-refractivity contribution in [3.05, 3.63) is 29.8 Å². The molecule has 0 bridgehead atoms. The van der Waals surface area contributed by atoms with E-state index in [1.54, 1.807) is 12.1 Å². The van der Waals surface area contributed by atoms with Crippen molar-refractivity contribution in [3.63, 3.8) is 0 Å². The lowest BCUT2D eigenvalue weighted by molar-refractivity contribution is 0.101. The molecule has 0 aliphatic heterocycles. The van der Waals surface area contributed by atoms with E-state index in [9.17, 15) is 4.79 Å². The van der Waals surface area contributed by atoms with Crippen LogP contribution in [0.4, 0.5) is 0 Å². The van der Waals surface area contributed by atoms with Gasteiger partial charge in [-0.1, -0.05) is 19.1 Å². The molecule has 0 radical (unpaired) electrons. The molecule has 3 nitrogen and oxygen atoms in total. The largest absolute Gasteiger partial charge is 0.492 e. The van der Waals surface area contributed by atoms with Crippen LogP contribution in [0.1, 0.15) is 30.6 Å². The minimum atomic E-state index is 0.0419. The normalized spacial score (nSPS) is 12.2. The lowest BCUT2D eigenvalue weighted by Crippen LogP contribution is -2.26. The molecule has 0 fully saturated rings. The van der Waals surface area contributed by atoms with Crippen LogP contribution in [0.2, 0.25) is 0 Å². The second-order valence-corrected chi connectivity index (χ2v) is 3.56. The maximum Gasteiger partial charge on any atom is 0.159 e. The first-order chi connectivity index (χ1) is 7.13.